The van der Waals surface area contributed by atoms with E-state index in [-0.39, 0.29) is 11.4 Å². The van der Waals surface area contributed by atoms with Gasteiger partial charge in [-0.05, 0) is 81.4 Å². The molecule has 27 heavy (non-hydrogen) atoms. The quantitative estimate of drug-likeness (QED) is 0.791. The van der Waals surface area contributed by atoms with E-state index in [4.69, 9.17) is 4.74 Å². The van der Waals surface area contributed by atoms with Crippen LogP contribution in [0.2, 0.25) is 0 Å². The minimum atomic E-state index is 0.0282. The number of carbonyl (C=O) groups is 1. The minimum Gasteiger partial charge on any atom is -0.380 e. The molecule has 4 bridgehead atoms. The van der Waals surface area contributed by atoms with Gasteiger partial charge in [0.15, 0.2) is 0 Å². The lowest BCUT2D eigenvalue weighted by Crippen LogP contribution is -2.60. The first kappa shape index (κ1) is 17.2. The number of ether oxygens (including phenoxy) is 1. The van der Waals surface area contributed by atoms with E-state index in [0.717, 1.165) is 34.5 Å². The van der Waals surface area contributed by atoms with E-state index in [1.807, 2.05) is 29.7 Å². The summed E-state index contributed by atoms with van der Waals surface area (Å²) in [4.78, 5) is 17.9. The monoisotopic (exact) mass is 367 g/mol. The van der Waals surface area contributed by atoms with Gasteiger partial charge < -0.3 is 14.6 Å². The molecule has 2 aromatic rings. The Kier molecular flexibility index (Phi) is 4.23. The van der Waals surface area contributed by atoms with Crippen LogP contribution in [0.15, 0.2) is 24.4 Å². The van der Waals surface area contributed by atoms with Crippen LogP contribution in [-0.2, 0) is 11.3 Å². The summed E-state index contributed by atoms with van der Waals surface area (Å²) in [6.45, 7) is 3.92. The molecule has 4 aliphatic carbocycles. The molecular formula is C22H29N3O2. The fourth-order valence-electron chi connectivity index (χ4n) is 6.37. The molecule has 0 unspecified atom stereocenters. The van der Waals surface area contributed by atoms with E-state index in [0.29, 0.717) is 19.8 Å². The van der Waals surface area contributed by atoms with Crippen LogP contribution in [-0.4, -0.2) is 34.2 Å². The van der Waals surface area contributed by atoms with Crippen molar-refractivity contribution in [3.05, 3.63) is 30.1 Å². The molecule has 0 atom stereocenters. The summed E-state index contributed by atoms with van der Waals surface area (Å²) in [5.41, 5.74) is 1.62. The zero-order chi connectivity index (χ0) is 18.4. The molecule has 4 fully saturated rings. The van der Waals surface area contributed by atoms with Gasteiger partial charge in [0.1, 0.15) is 11.3 Å². The van der Waals surface area contributed by atoms with Crippen molar-refractivity contribution in [2.24, 2.45) is 17.8 Å². The molecule has 5 heteroatoms. The highest BCUT2D eigenvalue weighted by atomic mass is 16.5. The van der Waals surface area contributed by atoms with E-state index in [1.54, 1.807) is 6.20 Å². The first-order valence-corrected chi connectivity index (χ1v) is 10.5. The van der Waals surface area contributed by atoms with Crippen LogP contribution in [0.5, 0.6) is 0 Å². The lowest BCUT2D eigenvalue weighted by molar-refractivity contribution is -0.0168. The average Bonchev–Trinajstić information content (AvgIpc) is 2.99. The van der Waals surface area contributed by atoms with E-state index in [9.17, 15) is 4.79 Å². The molecule has 144 valence electrons. The Morgan fingerprint density at radius 1 is 1.26 bits per heavy atom. The standard InChI is InChI=1S/C22H29N3O2/c1-2-27-7-6-25-19(11-18-4-3-5-23-20(18)25)21(26)24-22-12-15-8-16(13-22)10-17(9-15)14-22/h3-5,11,15-17H,2,6-10,12-14H2,1H3,(H,24,26). The number of nitrogens with zero attached hydrogens (tertiary/aromatic N) is 2. The fourth-order valence-corrected chi connectivity index (χ4v) is 6.37. The SMILES string of the molecule is CCOCCn1c(C(=O)NC23CC4CC(CC(C4)C2)C3)cc2cccnc21. The van der Waals surface area contributed by atoms with E-state index >= 15 is 0 Å². The van der Waals surface area contributed by atoms with Gasteiger partial charge in [0, 0.05) is 30.3 Å². The maximum atomic E-state index is 13.4. The Morgan fingerprint density at radius 3 is 2.63 bits per heavy atom. The average molecular weight is 367 g/mol. The van der Waals surface area contributed by atoms with Gasteiger partial charge in [-0.15, -0.1) is 0 Å². The van der Waals surface area contributed by atoms with E-state index in [2.05, 4.69) is 10.3 Å². The number of rotatable bonds is 6. The largest absolute Gasteiger partial charge is 0.380 e. The summed E-state index contributed by atoms with van der Waals surface area (Å²) in [6.07, 6.45) is 9.45. The maximum absolute atomic E-state index is 13.4. The topological polar surface area (TPSA) is 56.1 Å². The van der Waals surface area contributed by atoms with Crippen molar-refractivity contribution >= 4 is 16.9 Å². The molecule has 0 aliphatic heterocycles. The van der Waals surface area contributed by atoms with Crippen LogP contribution >= 0.6 is 0 Å². The maximum Gasteiger partial charge on any atom is 0.268 e. The number of pyridine rings is 1. The van der Waals surface area contributed by atoms with Crippen LogP contribution < -0.4 is 5.32 Å². The third kappa shape index (κ3) is 3.06. The first-order valence-electron chi connectivity index (χ1n) is 10.5. The van der Waals surface area contributed by atoms with Gasteiger partial charge in [0.2, 0.25) is 0 Å². The van der Waals surface area contributed by atoms with Crippen LogP contribution in [0, 0.1) is 17.8 Å². The summed E-state index contributed by atoms with van der Waals surface area (Å²) in [5.74, 6) is 2.53. The Bertz CT molecular complexity index is 821. The van der Waals surface area contributed by atoms with Crippen molar-refractivity contribution in [3.8, 4) is 0 Å². The molecule has 0 radical (unpaired) electrons. The summed E-state index contributed by atoms with van der Waals surface area (Å²) in [6, 6.07) is 5.95. The Hall–Kier alpha value is -1.88. The number of aromatic nitrogens is 2. The van der Waals surface area contributed by atoms with Gasteiger partial charge in [-0.3, -0.25) is 4.79 Å². The number of carbonyl (C=O) groups excluding carboxylic acids is 1. The van der Waals surface area contributed by atoms with Crippen molar-refractivity contribution in [1.82, 2.24) is 14.9 Å². The molecule has 6 rings (SSSR count). The second-order valence-corrected chi connectivity index (χ2v) is 8.95. The molecule has 1 amide bonds. The Morgan fingerprint density at radius 2 is 1.96 bits per heavy atom. The highest BCUT2D eigenvalue weighted by Crippen LogP contribution is 2.55. The molecule has 0 saturated heterocycles. The third-order valence-electron chi connectivity index (χ3n) is 6.97. The van der Waals surface area contributed by atoms with Crippen LogP contribution in [0.1, 0.15) is 55.9 Å². The summed E-state index contributed by atoms with van der Waals surface area (Å²) >= 11 is 0. The Balaban J connectivity index is 1.43. The summed E-state index contributed by atoms with van der Waals surface area (Å²) in [5, 5.41) is 4.52. The fraction of sp³-hybridized carbons (Fsp3) is 0.636. The molecule has 0 aromatic carbocycles. The molecule has 5 nitrogen and oxygen atoms in total. The highest BCUT2D eigenvalue weighted by Gasteiger charge is 2.51. The van der Waals surface area contributed by atoms with Gasteiger partial charge in [-0.2, -0.15) is 0 Å². The summed E-state index contributed by atoms with van der Waals surface area (Å²) in [7, 11) is 0. The lowest BCUT2D eigenvalue weighted by Gasteiger charge is -2.56. The predicted molar refractivity (Wildman–Crippen MR) is 105 cm³/mol. The number of hydrogen-bond donors (Lipinski definition) is 1. The van der Waals surface area contributed by atoms with Crippen molar-refractivity contribution in [2.75, 3.05) is 13.2 Å². The van der Waals surface area contributed by atoms with Crippen LogP contribution in [0.4, 0.5) is 0 Å². The second-order valence-electron chi connectivity index (χ2n) is 8.95. The molecular weight excluding hydrogens is 338 g/mol. The van der Waals surface area contributed by atoms with Gasteiger partial charge in [-0.1, -0.05) is 0 Å². The number of fused-ring (bicyclic) bond motifs is 1. The van der Waals surface area contributed by atoms with Crippen LogP contribution in [0.25, 0.3) is 11.0 Å². The van der Waals surface area contributed by atoms with Crippen molar-refractivity contribution < 1.29 is 9.53 Å². The predicted octanol–water partition coefficient (Wildman–Crippen LogP) is 3.77. The lowest BCUT2D eigenvalue weighted by atomic mass is 9.53. The number of nitrogens with one attached hydrogen (secondary N) is 1. The Labute approximate surface area is 160 Å². The molecule has 1 N–H and O–H groups in total. The minimum absolute atomic E-state index is 0.0282. The number of hydrogen-bond acceptors (Lipinski definition) is 3. The molecule has 4 saturated carbocycles. The zero-order valence-corrected chi connectivity index (χ0v) is 16.1. The normalized spacial score (nSPS) is 31.5. The summed E-state index contributed by atoms with van der Waals surface area (Å²) < 4.78 is 7.57. The van der Waals surface area contributed by atoms with E-state index in [1.165, 1.54) is 38.5 Å². The highest BCUT2D eigenvalue weighted by molar-refractivity contribution is 5.98. The van der Waals surface area contributed by atoms with Gasteiger partial charge in [-0.25, -0.2) is 4.98 Å². The first-order chi connectivity index (χ1) is 13.2. The zero-order valence-electron chi connectivity index (χ0n) is 16.1. The van der Waals surface area contributed by atoms with Crippen molar-refractivity contribution in [2.45, 2.75) is 57.5 Å². The van der Waals surface area contributed by atoms with E-state index < -0.39 is 0 Å². The molecule has 2 aromatic heterocycles. The molecule has 4 aliphatic rings. The molecule has 0 spiro atoms. The van der Waals surface area contributed by atoms with Crippen molar-refractivity contribution in [3.63, 3.8) is 0 Å². The van der Waals surface area contributed by atoms with Gasteiger partial charge in [0.25, 0.3) is 5.91 Å². The second kappa shape index (κ2) is 6.62. The van der Waals surface area contributed by atoms with Crippen molar-refractivity contribution in [1.29, 1.82) is 0 Å². The van der Waals surface area contributed by atoms with Gasteiger partial charge >= 0.3 is 0 Å². The molecule has 2 heterocycles. The number of amides is 1. The third-order valence-corrected chi connectivity index (χ3v) is 6.97. The van der Waals surface area contributed by atoms with Crippen LogP contribution in [0.3, 0.4) is 0 Å². The van der Waals surface area contributed by atoms with Gasteiger partial charge in [0.05, 0.1) is 6.61 Å². The smallest absolute Gasteiger partial charge is 0.268 e.